The van der Waals surface area contributed by atoms with Crippen molar-refractivity contribution in [3.8, 4) is 0 Å². The van der Waals surface area contributed by atoms with Crippen LogP contribution in [-0.2, 0) is 9.59 Å². The molecule has 1 amide bonds. The first kappa shape index (κ1) is 14.5. The van der Waals surface area contributed by atoms with Gasteiger partial charge in [-0.25, -0.2) is 0 Å². The second-order valence-corrected chi connectivity index (χ2v) is 6.17. The summed E-state index contributed by atoms with van der Waals surface area (Å²) in [6.07, 6.45) is 6.15. The number of likely N-dealkylation sites (tertiary alicyclic amines) is 1. The number of likely N-dealkylation sites (N-methyl/N-ethyl adjacent to an activating group) is 1. The van der Waals surface area contributed by atoms with Gasteiger partial charge in [-0.05, 0) is 39.2 Å². The van der Waals surface area contributed by atoms with Gasteiger partial charge in [0.1, 0.15) is 5.78 Å². The molecular weight excluding hydrogens is 240 g/mol. The van der Waals surface area contributed by atoms with E-state index in [2.05, 4.69) is 4.90 Å². The van der Waals surface area contributed by atoms with Crippen LogP contribution in [0.2, 0.25) is 0 Å². The maximum atomic E-state index is 12.1. The van der Waals surface area contributed by atoms with Crippen molar-refractivity contribution in [2.24, 2.45) is 5.92 Å². The standard InChI is InChI=1S/C15H26N2O2/c1-11(15(19)16(2)3)17-10-6-8-13(17)12-7-4-5-9-14(12)18/h11-13H,4-10H2,1-3H3. The molecule has 4 nitrogen and oxygen atoms in total. The molecule has 2 fully saturated rings. The summed E-state index contributed by atoms with van der Waals surface area (Å²) in [7, 11) is 3.60. The fourth-order valence-corrected chi connectivity index (χ4v) is 3.66. The number of carbonyl (C=O) groups is 2. The van der Waals surface area contributed by atoms with Gasteiger partial charge in [0, 0.05) is 32.5 Å². The summed E-state index contributed by atoms with van der Waals surface area (Å²) < 4.78 is 0. The van der Waals surface area contributed by atoms with Crippen LogP contribution in [0, 0.1) is 5.92 Å². The first-order valence-corrected chi connectivity index (χ1v) is 7.52. The second kappa shape index (κ2) is 6.04. The third-order valence-electron chi connectivity index (χ3n) is 4.70. The molecule has 108 valence electrons. The number of hydrogen-bond acceptors (Lipinski definition) is 3. The molecule has 1 saturated heterocycles. The normalized spacial score (nSPS) is 30.4. The highest BCUT2D eigenvalue weighted by atomic mass is 16.2. The van der Waals surface area contributed by atoms with Crippen molar-refractivity contribution in [3.05, 3.63) is 0 Å². The molecule has 19 heavy (non-hydrogen) atoms. The first-order chi connectivity index (χ1) is 9.02. The zero-order chi connectivity index (χ0) is 14.0. The maximum Gasteiger partial charge on any atom is 0.239 e. The minimum Gasteiger partial charge on any atom is -0.347 e. The molecular formula is C15H26N2O2. The molecule has 2 aliphatic rings. The third kappa shape index (κ3) is 2.99. The van der Waals surface area contributed by atoms with E-state index < -0.39 is 0 Å². The van der Waals surface area contributed by atoms with Gasteiger partial charge in [-0.1, -0.05) is 6.42 Å². The predicted octanol–water partition coefficient (Wildman–Crippen LogP) is 1.69. The van der Waals surface area contributed by atoms with E-state index in [1.807, 2.05) is 6.92 Å². The monoisotopic (exact) mass is 266 g/mol. The summed E-state index contributed by atoms with van der Waals surface area (Å²) in [4.78, 5) is 28.2. The number of carbonyl (C=O) groups excluding carboxylic acids is 2. The molecule has 1 aliphatic carbocycles. The molecule has 0 aromatic heterocycles. The van der Waals surface area contributed by atoms with Gasteiger partial charge >= 0.3 is 0 Å². The van der Waals surface area contributed by atoms with Crippen LogP contribution in [0.5, 0.6) is 0 Å². The lowest BCUT2D eigenvalue weighted by Gasteiger charge is -2.36. The Kier molecular flexibility index (Phi) is 4.61. The molecule has 0 radical (unpaired) electrons. The molecule has 0 N–H and O–H groups in total. The summed E-state index contributed by atoms with van der Waals surface area (Å²) in [5.74, 6) is 0.747. The number of rotatable bonds is 3. The Hall–Kier alpha value is -0.900. The van der Waals surface area contributed by atoms with Crippen LogP contribution in [0.25, 0.3) is 0 Å². The van der Waals surface area contributed by atoms with E-state index in [1.54, 1.807) is 19.0 Å². The van der Waals surface area contributed by atoms with Crippen LogP contribution in [0.1, 0.15) is 45.4 Å². The largest absolute Gasteiger partial charge is 0.347 e. The van der Waals surface area contributed by atoms with Gasteiger partial charge in [-0.15, -0.1) is 0 Å². The van der Waals surface area contributed by atoms with Gasteiger partial charge in [-0.2, -0.15) is 0 Å². The first-order valence-electron chi connectivity index (χ1n) is 7.52. The van der Waals surface area contributed by atoms with Crippen LogP contribution in [-0.4, -0.2) is 54.2 Å². The highest BCUT2D eigenvalue weighted by Crippen LogP contribution is 2.33. The van der Waals surface area contributed by atoms with Crippen LogP contribution < -0.4 is 0 Å². The Morgan fingerprint density at radius 2 is 2.00 bits per heavy atom. The van der Waals surface area contributed by atoms with Gasteiger partial charge < -0.3 is 4.90 Å². The Morgan fingerprint density at radius 1 is 1.26 bits per heavy atom. The zero-order valence-electron chi connectivity index (χ0n) is 12.4. The predicted molar refractivity (Wildman–Crippen MR) is 74.8 cm³/mol. The lowest BCUT2D eigenvalue weighted by molar-refractivity contribution is -0.136. The molecule has 0 aromatic carbocycles. The van der Waals surface area contributed by atoms with Crippen molar-refractivity contribution in [1.29, 1.82) is 0 Å². The van der Waals surface area contributed by atoms with Crippen molar-refractivity contribution in [1.82, 2.24) is 9.80 Å². The van der Waals surface area contributed by atoms with Gasteiger partial charge in [0.05, 0.1) is 6.04 Å². The highest BCUT2D eigenvalue weighted by Gasteiger charge is 2.40. The fourth-order valence-electron chi connectivity index (χ4n) is 3.66. The molecule has 2 rings (SSSR count). The van der Waals surface area contributed by atoms with Gasteiger partial charge in [0.2, 0.25) is 5.91 Å². The van der Waals surface area contributed by atoms with E-state index in [9.17, 15) is 9.59 Å². The average Bonchev–Trinajstić information content (AvgIpc) is 2.86. The fraction of sp³-hybridized carbons (Fsp3) is 0.867. The van der Waals surface area contributed by atoms with Crippen LogP contribution >= 0.6 is 0 Å². The number of amides is 1. The molecule has 0 bridgehead atoms. The van der Waals surface area contributed by atoms with Crippen molar-refractivity contribution in [3.63, 3.8) is 0 Å². The molecule has 3 atom stereocenters. The van der Waals surface area contributed by atoms with Crippen LogP contribution in [0.15, 0.2) is 0 Å². The van der Waals surface area contributed by atoms with Crippen LogP contribution in [0.4, 0.5) is 0 Å². The quantitative estimate of drug-likeness (QED) is 0.780. The van der Waals surface area contributed by atoms with E-state index in [0.29, 0.717) is 11.8 Å². The minimum atomic E-state index is -0.0998. The second-order valence-electron chi connectivity index (χ2n) is 6.17. The number of ketones is 1. The maximum absolute atomic E-state index is 12.1. The molecule has 0 aromatic rings. The van der Waals surface area contributed by atoms with Crippen molar-refractivity contribution < 1.29 is 9.59 Å². The van der Waals surface area contributed by atoms with Crippen molar-refractivity contribution >= 4 is 11.7 Å². The Labute approximate surface area is 116 Å². The molecule has 0 spiro atoms. The summed E-state index contributed by atoms with van der Waals surface area (Å²) in [6, 6.07) is 0.198. The van der Waals surface area contributed by atoms with Crippen LogP contribution in [0.3, 0.4) is 0 Å². The van der Waals surface area contributed by atoms with Crippen molar-refractivity contribution in [2.75, 3.05) is 20.6 Å². The van der Waals surface area contributed by atoms with E-state index in [4.69, 9.17) is 0 Å². The van der Waals surface area contributed by atoms with E-state index >= 15 is 0 Å². The summed E-state index contributed by atoms with van der Waals surface area (Å²) in [5, 5.41) is 0. The summed E-state index contributed by atoms with van der Waals surface area (Å²) in [6.45, 7) is 2.93. The molecule has 4 heteroatoms. The Morgan fingerprint density at radius 3 is 2.63 bits per heavy atom. The smallest absolute Gasteiger partial charge is 0.239 e. The van der Waals surface area contributed by atoms with E-state index in [-0.39, 0.29) is 17.9 Å². The number of nitrogens with zero attached hydrogens (tertiary/aromatic N) is 2. The highest BCUT2D eigenvalue weighted by molar-refractivity contribution is 5.83. The Bertz CT molecular complexity index is 354. The lowest BCUT2D eigenvalue weighted by atomic mass is 9.81. The average molecular weight is 266 g/mol. The van der Waals surface area contributed by atoms with Gasteiger partial charge in [-0.3, -0.25) is 14.5 Å². The third-order valence-corrected chi connectivity index (χ3v) is 4.70. The molecule has 1 heterocycles. The summed E-state index contributed by atoms with van der Waals surface area (Å²) >= 11 is 0. The van der Waals surface area contributed by atoms with Crippen molar-refractivity contribution in [2.45, 2.75) is 57.5 Å². The van der Waals surface area contributed by atoms with E-state index in [0.717, 1.165) is 45.1 Å². The van der Waals surface area contributed by atoms with Gasteiger partial charge in [0.15, 0.2) is 0 Å². The number of hydrogen-bond donors (Lipinski definition) is 0. The van der Waals surface area contributed by atoms with E-state index in [1.165, 1.54) is 0 Å². The molecule has 1 aliphatic heterocycles. The molecule has 3 unspecified atom stereocenters. The topological polar surface area (TPSA) is 40.6 Å². The summed E-state index contributed by atoms with van der Waals surface area (Å²) in [5.41, 5.74) is 0. The Balaban J connectivity index is 2.07. The number of Topliss-reactive ketones (excluding diaryl/α,β-unsaturated/α-hetero) is 1. The minimum absolute atomic E-state index is 0.0998. The van der Waals surface area contributed by atoms with Gasteiger partial charge in [0.25, 0.3) is 0 Å². The molecule has 1 saturated carbocycles. The zero-order valence-corrected chi connectivity index (χ0v) is 12.4. The lowest BCUT2D eigenvalue weighted by Crippen LogP contribution is -2.50. The SMILES string of the molecule is CC(C(=O)N(C)C)N1CCCC1C1CCCCC1=O.